The van der Waals surface area contributed by atoms with Gasteiger partial charge in [-0.2, -0.15) is 0 Å². The highest BCUT2D eigenvalue weighted by Gasteiger charge is 2.11. The molecule has 0 saturated carbocycles. The molecule has 0 aliphatic rings. The van der Waals surface area contributed by atoms with E-state index in [2.05, 4.69) is 15.9 Å². The van der Waals surface area contributed by atoms with Crippen molar-refractivity contribution in [2.45, 2.75) is 20.3 Å². The molecule has 0 bridgehead atoms. The van der Waals surface area contributed by atoms with Crippen LogP contribution in [0.2, 0.25) is 0 Å². The van der Waals surface area contributed by atoms with E-state index in [1.807, 2.05) is 26.0 Å². The van der Waals surface area contributed by atoms with Gasteiger partial charge in [0.15, 0.2) is 11.5 Å². The Morgan fingerprint density at radius 3 is 2.44 bits per heavy atom. The largest absolute Gasteiger partial charge is 0.490 e. The van der Waals surface area contributed by atoms with Gasteiger partial charge in [-0.05, 0) is 60.4 Å². The molecule has 0 aliphatic heterocycles. The minimum atomic E-state index is 0.620. The van der Waals surface area contributed by atoms with Crippen molar-refractivity contribution in [3.05, 3.63) is 22.2 Å². The molecule has 0 radical (unpaired) electrons. The molecule has 1 aromatic rings. The second kappa shape index (κ2) is 6.76. The number of rotatable bonds is 6. The van der Waals surface area contributed by atoms with E-state index in [9.17, 15) is 0 Å². The Bertz CT molecular complexity index is 342. The molecule has 0 aliphatic carbocycles. The molecule has 4 heteroatoms. The van der Waals surface area contributed by atoms with Crippen LogP contribution in [-0.4, -0.2) is 19.8 Å². The fourth-order valence-electron chi connectivity index (χ4n) is 1.48. The smallest absolute Gasteiger partial charge is 0.175 e. The van der Waals surface area contributed by atoms with Crippen LogP contribution in [0.15, 0.2) is 16.6 Å². The summed E-state index contributed by atoms with van der Waals surface area (Å²) in [6, 6.07) is 4.02. The average molecular weight is 288 g/mol. The van der Waals surface area contributed by atoms with Gasteiger partial charge in [0, 0.05) is 0 Å². The first-order valence-electron chi connectivity index (χ1n) is 5.51. The van der Waals surface area contributed by atoms with Gasteiger partial charge in [-0.15, -0.1) is 0 Å². The summed E-state index contributed by atoms with van der Waals surface area (Å²) in [6.07, 6.45) is 0.838. The van der Waals surface area contributed by atoms with Gasteiger partial charge in [0.2, 0.25) is 0 Å². The van der Waals surface area contributed by atoms with E-state index in [0.717, 1.165) is 28.0 Å². The number of hydrogen-bond donors (Lipinski definition) is 1. The van der Waals surface area contributed by atoms with Gasteiger partial charge in [0.25, 0.3) is 0 Å². The minimum Gasteiger partial charge on any atom is -0.490 e. The summed E-state index contributed by atoms with van der Waals surface area (Å²) < 4.78 is 12.0. The second-order valence-electron chi connectivity index (χ2n) is 3.31. The Hall–Kier alpha value is -0.740. The van der Waals surface area contributed by atoms with E-state index in [4.69, 9.17) is 15.2 Å². The van der Waals surface area contributed by atoms with Crippen LogP contribution < -0.4 is 15.2 Å². The fourth-order valence-corrected chi connectivity index (χ4v) is 2.08. The molecule has 0 heterocycles. The van der Waals surface area contributed by atoms with Crippen LogP contribution in [0.5, 0.6) is 11.5 Å². The third-order valence-corrected chi connectivity index (χ3v) is 2.68. The van der Waals surface area contributed by atoms with Gasteiger partial charge in [0.05, 0.1) is 17.7 Å². The number of nitrogens with two attached hydrogens (primary N) is 1. The molecule has 0 spiro atoms. The molecular formula is C12H18BrNO2. The topological polar surface area (TPSA) is 44.5 Å². The van der Waals surface area contributed by atoms with Crippen LogP contribution in [-0.2, 0) is 6.42 Å². The van der Waals surface area contributed by atoms with Crippen LogP contribution in [0, 0.1) is 0 Å². The summed E-state index contributed by atoms with van der Waals surface area (Å²) in [5.41, 5.74) is 6.70. The fraction of sp³-hybridized carbons (Fsp3) is 0.500. The molecule has 0 amide bonds. The zero-order chi connectivity index (χ0) is 12.0. The Kier molecular flexibility index (Phi) is 5.63. The van der Waals surface area contributed by atoms with E-state index < -0.39 is 0 Å². The Balaban J connectivity index is 3.05. The summed E-state index contributed by atoms with van der Waals surface area (Å²) in [5, 5.41) is 0. The van der Waals surface area contributed by atoms with Gasteiger partial charge in [-0.25, -0.2) is 0 Å². The maximum atomic E-state index is 5.56. The number of hydrogen-bond acceptors (Lipinski definition) is 3. The van der Waals surface area contributed by atoms with Gasteiger partial charge in [-0.3, -0.25) is 0 Å². The summed E-state index contributed by atoms with van der Waals surface area (Å²) in [6.45, 7) is 5.79. The van der Waals surface area contributed by atoms with Crippen LogP contribution in [0.3, 0.4) is 0 Å². The molecule has 90 valence electrons. The summed E-state index contributed by atoms with van der Waals surface area (Å²) in [4.78, 5) is 0. The van der Waals surface area contributed by atoms with E-state index >= 15 is 0 Å². The van der Waals surface area contributed by atoms with E-state index in [0.29, 0.717) is 19.8 Å². The molecule has 1 rings (SSSR count). The van der Waals surface area contributed by atoms with E-state index in [-0.39, 0.29) is 0 Å². The Morgan fingerprint density at radius 2 is 1.88 bits per heavy atom. The zero-order valence-electron chi connectivity index (χ0n) is 9.75. The standard InChI is InChI=1S/C12H18BrNO2/c1-3-15-11-8-9(5-6-14)7-10(13)12(11)16-4-2/h7-8H,3-6,14H2,1-2H3. The van der Waals surface area contributed by atoms with Crippen molar-refractivity contribution in [1.29, 1.82) is 0 Å². The summed E-state index contributed by atoms with van der Waals surface area (Å²) >= 11 is 3.49. The molecule has 0 aromatic heterocycles. The number of ether oxygens (including phenoxy) is 2. The molecule has 1 aromatic carbocycles. The van der Waals surface area contributed by atoms with E-state index in [1.54, 1.807) is 0 Å². The Labute approximate surface area is 105 Å². The maximum Gasteiger partial charge on any atom is 0.175 e. The van der Waals surface area contributed by atoms with Crippen LogP contribution in [0.4, 0.5) is 0 Å². The maximum absolute atomic E-state index is 5.56. The first-order valence-corrected chi connectivity index (χ1v) is 6.30. The lowest BCUT2D eigenvalue weighted by Gasteiger charge is -2.14. The van der Waals surface area contributed by atoms with Crippen LogP contribution in [0.1, 0.15) is 19.4 Å². The molecule has 0 saturated heterocycles. The lowest BCUT2D eigenvalue weighted by Crippen LogP contribution is -2.05. The normalized spacial score (nSPS) is 10.2. The molecule has 3 nitrogen and oxygen atoms in total. The van der Waals surface area contributed by atoms with Gasteiger partial charge in [-0.1, -0.05) is 0 Å². The molecule has 0 atom stereocenters. The molecule has 16 heavy (non-hydrogen) atoms. The van der Waals surface area contributed by atoms with Gasteiger partial charge >= 0.3 is 0 Å². The van der Waals surface area contributed by atoms with Crippen molar-refractivity contribution in [3.63, 3.8) is 0 Å². The predicted octanol–water partition coefficient (Wildman–Crippen LogP) is 2.75. The average Bonchev–Trinajstić information content (AvgIpc) is 2.24. The third kappa shape index (κ3) is 3.39. The van der Waals surface area contributed by atoms with E-state index in [1.165, 1.54) is 0 Å². The van der Waals surface area contributed by atoms with Crippen LogP contribution >= 0.6 is 15.9 Å². The molecule has 0 fully saturated rings. The van der Waals surface area contributed by atoms with Gasteiger partial charge in [0.1, 0.15) is 0 Å². The minimum absolute atomic E-state index is 0.620. The van der Waals surface area contributed by atoms with Crippen molar-refractivity contribution < 1.29 is 9.47 Å². The SMILES string of the molecule is CCOc1cc(CCN)cc(Br)c1OCC. The van der Waals surface area contributed by atoms with Gasteiger partial charge < -0.3 is 15.2 Å². The first-order chi connectivity index (χ1) is 7.72. The third-order valence-electron chi connectivity index (χ3n) is 2.09. The molecule has 2 N–H and O–H groups in total. The van der Waals surface area contributed by atoms with Crippen molar-refractivity contribution in [2.24, 2.45) is 5.73 Å². The first kappa shape index (κ1) is 13.3. The summed E-state index contributed by atoms with van der Waals surface area (Å²) in [5.74, 6) is 1.55. The highest BCUT2D eigenvalue weighted by Crippen LogP contribution is 2.36. The highest BCUT2D eigenvalue weighted by molar-refractivity contribution is 9.10. The van der Waals surface area contributed by atoms with Crippen LogP contribution in [0.25, 0.3) is 0 Å². The quantitative estimate of drug-likeness (QED) is 0.875. The zero-order valence-corrected chi connectivity index (χ0v) is 11.3. The predicted molar refractivity (Wildman–Crippen MR) is 69.2 cm³/mol. The highest BCUT2D eigenvalue weighted by atomic mass is 79.9. The lowest BCUT2D eigenvalue weighted by atomic mass is 10.1. The summed E-state index contributed by atoms with van der Waals surface area (Å²) in [7, 11) is 0. The van der Waals surface area contributed by atoms with Crippen molar-refractivity contribution in [3.8, 4) is 11.5 Å². The molecular weight excluding hydrogens is 270 g/mol. The monoisotopic (exact) mass is 287 g/mol. The van der Waals surface area contributed by atoms with Crippen molar-refractivity contribution >= 4 is 15.9 Å². The number of benzene rings is 1. The second-order valence-corrected chi connectivity index (χ2v) is 4.16. The molecule has 0 unspecified atom stereocenters. The van der Waals surface area contributed by atoms with Crippen molar-refractivity contribution in [1.82, 2.24) is 0 Å². The Morgan fingerprint density at radius 1 is 1.19 bits per heavy atom. The number of halogens is 1. The van der Waals surface area contributed by atoms with Crippen molar-refractivity contribution in [2.75, 3.05) is 19.8 Å². The lowest BCUT2D eigenvalue weighted by molar-refractivity contribution is 0.286.